The number of nitrogens with one attached hydrogen (secondary N) is 1. The van der Waals surface area contributed by atoms with Crippen molar-refractivity contribution in [3.63, 3.8) is 0 Å². The Balaban J connectivity index is 0.00000324. The molecule has 6 nitrogen and oxygen atoms in total. The molecule has 0 aromatic heterocycles. The number of hydrogen-bond acceptors (Lipinski definition) is 3. The topological polar surface area (TPSA) is 80.0 Å². The number of carbonyl (C=O) groups is 1. The van der Waals surface area contributed by atoms with E-state index in [1.165, 1.54) is 0 Å². The van der Waals surface area contributed by atoms with E-state index in [4.69, 9.17) is 10.5 Å². The Hall–Kier alpha value is -0.570. The molecule has 1 amide bonds. The molecular weight excluding hydrogens is 359 g/mol. The fourth-order valence-electron chi connectivity index (χ4n) is 1.58. The summed E-state index contributed by atoms with van der Waals surface area (Å²) in [5.41, 5.74) is 5.87. The lowest BCUT2D eigenvalue weighted by atomic mass is 10.2. The Bertz CT molecular complexity index is 291. The Kier molecular flexibility index (Phi) is 9.94. The molecule has 0 radical (unpaired) electrons. The lowest BCUT2D eigenvalue weighted by Crippen LogP contribution is -2.44. The fraction of sp³-hybridized carbons (Fsp3) is 0.833. The molecular formula is C12H25IN4O2. The third kappa shape index (κ3) is 7.56. The number of carbonyl (C=O) groups excluding carboxylic acids is 1. The molecule has 1 aliphatic heterocycles. The number of aliphatic imine (C=N–C) groups is 1. The van der Waals surface area contributed by atoms with Gasteiger partial charge in [-0.1, -0.05) is 13.8 Å². The van der Waals surface area contributed by atoms with Crippen LogP contribution in [-0.2, 0) is 9.53 Å². The van der Waals surface area contributed by atoms with Crippen molar-refractivity contribution in [1.29, 1.82) is 0 Å². The number of halogens is 1. The van der Waals surface area contributed by atoms with Crippen molar-refractivity contribution in [3.05, 3.63) is 0 Å². The van der Waals surface area contributed by atoms with Crippen LogP contribution in [0.4, 0.5) is 0 Å². The summed E-state index contributed by atoms with van der Waals surface area (Å²) < 4.78 is 5.24. The molecule has 1 saturated heterocycles. The second-order valence-electron chi connectivity index (χ2n) is 4.64. The monoisotopic (exact) mass is 384 g/mol. The number of hydrogen-bond donors (Lipinski definition) is 2. The van der Waals surface area contributed by atoms with Gasteiger partial charge in [0, 0.05) is 32.1 Å². The minimum absolute atomic E-state index is 0. The van der Waals surface area contributed by atoms with Crippen LogP contribution in [0, 0.1) is 5.92 Å². The molecule has 19 heavy (non-hydrogen) atoms. The summed E-state index contributed by atoms with van der Waals surface area (Å²) >= 11 is 0. The van der Waals surface area contributed by atoms with Gasteiger partial charge in [-0.15, -0.1) is 24.0 Å². The third-order valence-electron chi connectivity index (χ3n) is 2.77. The SMILES string of the molecule is CC(C)C(=O)NCCCN=C(N)N1CCOCC1.I. The minimum atomic E-state index is 0. The van der Waals surface area contributed by atoms with E-state index in [1.807, 2.05) is 18.7 Å². The van der Waals surface area contributed by atoms with Crippen molar-refractivity contribution in [1.82, 2.24) is 10.2 Å². The standard InChI is InChI=1S/C12H24N4O2.HI/c1-10(2)11(17)14-4-3-5-15-12(13)16-6-8-18-9-7-16;/h10H,3-9H2,1-2H3,(H2,13,15)(H,14,17);1H. The Morgan fingerprint density at radius 1 is 1.42 bits per heavy atom. The van der Waals surface area contributed by atoms with Gasteiger partial charge in [-0.3, -0.25) is 9.79 Å². The van der Waals surface area contributed by atoms with Crippen LogP contribution in [0.25, 0.3) is 0 Å². The molecule has 7 heteroatoms. The number of nitrogens with zero attached hydrogens (tertiary/aromatic N) is 2. The van der Waals surface area contributed by atoms with Crippen LogP contribution in [0.1, 0.15) is 20.3 Å². The highest BCUT2D eigenvalue weighted by atomic mass is 127. The zero-order chi connectivity index (χ0) is 13.4. The van der Waals surface area contributed by atoms with E-state index in [9.17, 15) is 4.79 Å². The molecule has 0 aromatic carbocycles. The molecule has 112 valence electrons. The van der Waals surface area contributed by atoms with E-state index in [1.54, 1.807) is 0 Å². The summed E-state index contributed by atoms with van der Waals surface area (Å²) in [7, 11) is 0. The van der Waals surface area contributed by atoms with E-state index in [-0.39, 0.29) is 35.8 Å². The summed E-state index contributed by atoms with van der Waals surface area (Å²) in [6.07, 6.45) is 0.809. The van der Waals surface area contributed by atoms with E-state index in [0.29, 0.717) is 32.3 Å². The van der Waals surface area contributed by atoms with Crippen molar-refractivity contribution in [2.24, 2.45) is 16.6 Å². The number of rotatable bonds is 5. The van der Waals surface area contributed by atoms with Gasteiger partial charge in [0.25, 0.3) is 0 Å². The molecule has 0 unspecified atom stereocenters. The van der Waals surface area contributed by atoms with Gasteiger partial charge in [0.15, 0.2) is 5.96 Å². The second-order valence-corrected chi connectivity index (χ2v) is 4.64. The van der Waals surface area contributed by atoms with Crippen molar-refractivity contribution in [2.45, 2.75) is 20.3 Å². The van der Waals surface area contributed by atoms with Crippen LogP contribution in [0.2, 0.25) is 0 Å². The number of ether oxygens (including phenoxy) is 1. The molecule has 1 heterocycles. The van der Waals surface area contributed by atoms with Crippen LogP contribution < -0.4 is 11.1 Å². The predicted molar refractivity (Wildman–Crippen MR) is 86.8 cm³/mol. The van der Waals surface area contributed by atoms with Crippen LogP contribution in [0.5, 0.6) is 0 Å². The largest absolute Gasteiger partial charge is 0.378 e. The van der Waals surface area contributed by atoms with Gasteiger partial charge in [-0.2, -0.15) is 0 Å². The van der Waals surface area contributed by atoms with Crippen LogP contribution >= 0.6 is 24.0 Å². The van der Waals surface area contributed by atoms with Gasteiger partial charge in [0.05, 0.1) is 13.2 Å². The molecule has 0 aliphatic carbocycles. The molecule has 1 fully saturated rings. The maximum Gasteiger partial charge on any atom is 0.222 e. The fourth-order valence-corrected chi connectivity index (χ4v) is 1.58. The lowest BCUT2D eigenvalue weighted by Gasteiger charge is -2.27. The molecule has 0 spiro atoms. The molecule has 0 bridgehead atoms. The normalized spacial score (nSPS) is 16.2. The van der Waals surface area contributed by atoms with Crippen molar-refractivity contribution in [3.8, 4) is 0 Å². The highest BCUT2D eigenvalue weighted by molar-refractivity contribution is 14.0. The van der Waals surface area contributed by atoms with Crippen molar-refractivity contribution >= 4 is 35.8 Å². The van der Waals surface area contributed by atoms with E-state index in [0.717, 1.165) is 19.5 Å². The first-order valence-electron chi connectivity index (χ1n) is 6.51. The molecule has 0 atom stereocenters. The van der Waals surface area contributed by atoms with Crippen LogP contribution in [0.15, 0.2) is 4.99 Å². The highest BCUT2D eigenvalue weighted by Crippen LogP contribution is 1.96. The zero-order valence-corrected chi connectivity index (χ0v) is 14.1. The maximum atomic E-state index is 11.3. The van der Waals surface area contributed by atoms with Gasteiger partial charge < -0.3 is 20.7 Å². The average molecular weight is 384 g/mol. The lowest BCUT2D eigenvalue weighted by molar-refractivity contribution is -0.123. The van der Waals surface area contributed by atoms with Gasteiger partial charge in [-0.05, 0) is 6.42 Å². The van der Waals surface area contributed by atoms with Gasteiger partial charge in [0.2, 0.25) is 5.91 Å². The smallest absolute Gasteiger partial charge is 0.222 e. The molecule has 3 N–H and O–H groups in total. The predicted octanol–water partition coefficient (Wildman–Crippen LogP) is 0.414. The van der Waals surface area contributed by atoms with Gasteiger partial charge in [-0.25, -0.2) is 0 Å². The number of amides is 1. The van der Waals surface area contributed by atoms with Crippen LogP contribution in [-0.4, -0.2) is 56.2 Å². The molecule has 1 aliphatic rings. The quantitative estimate of drug-likeness (QED) is 0.312. The highest BCUT2D eigenvalue weighted by Gasteiger charge is 2.11. The number of morpholine rings is 1. The first kappa shape index (κ1) is 18.4. The van der Waals surface area contributed by atoms with E-state index in [2.05, 4.69) is 10.3 Å². The molecule has 0 saturated carbocycles. The molecule has 1 rings (SSSR count). The summed E-state index contributed by atoms with van der Waals surface area (Å²) in [5.74, 6) is 0.695. The Morgan fingerprint density at radius 2 is 2.05 bits per heavy atom. The third-order valence-corrected chi connectivity index (χ3v) is 2.77. The first-order valence-corrected chi connectivity index (χ1v) is 6.51. The number of nitrogens with two attached hydrogens (primary N) is 1. The van der Waals surface area contributed by atoms with Crippen LogP contribution in [0.3, 0.4) is 0 Å². The number of guanidine groups is 1. The van der Waals surface area contributed by atoms with Gasteiger partial charge >= 0.3 is 0 Å². The Labute approximate surface area is 132 Å². The summed E-state index contributed by atoms with van der Waals surface area (Å²) in [6.45, 7) is 8.08. The summed E-state index contributed by atoms with van der Waals surface area (Å²) in [5, 5.41) is 2.85. The molecule has 0 aromatic rings. The Morgan fingerprint density at radius 3 is 2.63 bits per heavy atom. The first-order chi connectivity index (χ1) is 8.61. The van der Waals surface area contributed by atoms with E-state index < -0.39 is 0 Å². The van der Waals surface area contributed by atoms with Crippen molar-refractivity contribution in [2.75, 3.05) is 39.4 Å². The van der Waals surface area contributed by atoms with Crippen molar-refractivity contribution < 1.29 is 9.53 Å². The van der Waals surface area contributed by atoms with E-state index >= 15 is 0 Å². The summed E-state index contributed by atoms with van der Waals surface area (Å²) in [6, 6.07) is 0. The second kappa shape index (κ2) is 10.2. The minimum Gasteiger partial charge on any atom is -0.378 e. The zero-order valence-electron chi connectivity index (χ0n) is 11.7. The average Bonchev–Trinajstić information content (AvgIpc) is 2.38. The van der Waals surface area contributed by atoms with Gasteiger partial charge in [0.1, 0.15) is 0 Å². The summed E-state index contributed by atoms with van der Waals surface area (Å²) in [4.78, 5) is 17.6. The maximum absolute atomic E-state index is 11.3.